The average Bonchev–Trinajstić information content (AvgIpc) is 3.31. The summed E-state index contributed by atoms with van der Waals surface area (Å²) in [6, 6.07) is 24.7. The minimum Gasteiger partial charge on any atom is -0.459 e. The van der Waals surface area contributed by atoms with E-state index in [0.717, 1.165) is 27.8 Å². The maximum atomic E-state index is 13.0. The number of benzene rings is 3. The summed E-state index contributed by atoms with van der Waals surface area (Å²) in [6.07, 6.45) is 1.23. The Bertz CT molecular complexity index is 1230. The highest BCUT2D eigenvalue weighted by Gasteiger charge is 2.30. The van der Waals surface area contributed by atoms with Gasteiger partial charge in [-0.05, 0) is 47.1 Å². The van der Waals surface area contributed by atoms with E-state index in [1.807, 2.05) is 54.6 Å². The molecule has 1 aliphatic carbocycles. The first-order chi connectivity index (χ1) is 19.6. The lowest BCUT2D eigenvalue weighted by Gasteiger charge is -2.19. The summed E-state index contributed by atoms with van der Waals surface area (Å²) in [5, 5.41) is 5.54. The number of fused-ring (bicyclic) bond motifs is 3. The predicted molar refractivity (Wildman–Crippen MR) is 152 cm³/mol. The van der Waals surface area contributed by atoms with Crippen LogP contribution in [0.5, 0.6) is 0 Å². The van der Waals surface area contributed by atoms with Gasteiger partial charge in [-0.1, -0.05) is 78.9 Å². The molecule has 0 bridgehead atoms. The van der Waals surface area contributed by atoms with Crippen molar-refractivity contribution in [2.24, 2.45) is 0 Å². The Morgan fingerprint density at radius 2 is 1.48 bits per heavy atom. The lowest BCUT2D eigenvalue weighted by Crippen LogP contribution is -2.42. The molecule has 0 heterocycles. The van der Waals surface area contributed by atoms with Gasteiger partial charge in [0.2, 0.25) is 5.91 Å². The predicted octanol–water partition coefficient (Wildman–Crippen LogP) is 4.96. The Labute approximate surface area is 235 Å². The highest BCUT2D eigenvalue weighted by Crippen LogP contribution is 2.44. The maximum Gasteiger partial charge on any atom is 0.407 e. The molecule has 0 saturated carbocycles. The van der Waals surface area contributed by atoms with Crippen molar-refractivity contribution in [2.75, 3.05) is 26.9 Å². The molecule has 1 atom stereocenters. The Balaban J connectivity index is 1.32. The molecular weight excluding hydrogens is 508 g/mol. The summed E-state index contributed by atoms with van der Waals surface area (Å²) in [4.78, 5) is 37.6. The molecule has 8 nitrogen and oxygen atoms in total. The van der Waals surface area contributed by atoms with Crippen molar-refractivity contribution in [1.82, 2.24) is 10.6 Å². The SMILES string of the molecule is COCCC(=O)NCCCC[C@H](NC(=O)OCC1c2ccccc2-c2ccccc21)C(=O)OCc1ccccc1. The lowest BCUT2D eigenvalue weighted by atomic mass is 9.98. The third-order valence-corrected chi connectivity index (χ3v) is 6.92. The van der Waals surface area contributed by atoms with E-state index in [1.54, 1.807) is 7.11 Å². The van der Waals surface area contributed by atoms with E-state index in [-0.39, 0.29) is 25.0 Å². The van der Waals surface area contributed by atoms with Crippen molar-refractivity contribution in [3.63, 3.8) is 0 Å². The lowest BCUT2D eigenvalue weighted by molar-refractivity contribution is -0.147. The van der Waals surface area contributed by atoms with Crippen molar-refractivity contribution in [2.45, 2.75) is 44.2 Å². The molecule has 0 aliphatic heterocycles. The highest BCUT2D eigenvalue weighted by molar-refractivity contribution is 5.82. The molecule has 0 radical (unpaired) electrons. The van der Waals surface area contributed by atoms with Gasteiger partial charge in [-0.25, -0.2) is 9.59 Å². The fourth-order valence-corrected chi connectivity index (χ4v) is 4.84. The number of hydrogen-bond donors (Lipinski definition) is 2. The summed E-state index contributed by atoms with van der Waals surface area (Å²) < 4.78 is 16.1. The van der Waals surface area contributed by atoms with Crippen LogP contribution in [0.15, 0.2) is 78.9 Å². The largest absolute Gasteiger partial charge is 0.459 e. The van der Waals surface area contributed by atoms with E-state index in [9.17, 15) is 14.4 Å². The minimum absolute atomic E-state index is 0.0802. The first-order valence-electron chi connectivity index (χ1n) is 13.6. The van der Waals surface area contributed by atoms with Crippen molar-refractivity contribution in [1.29, 1.82) is 0 Å². The smallest absolute Gasteiger partial charge is 0.407 e. The third-order valence-electron chi connectivity index (χ3n) is 6.92. The molecular formula is C32H36N2O6. The number of hydrogen-bond acceptors (Lipinski definition) is 6. The second-order valence-electron chi connectivity index (χ2n) is 9.70. The first-order valence-corrected chi connectivity index (χ1v) is 13.6. The number of alkyl carbamates (subject to hydrolysis) is 1. The zero-order valence-electron chi connectivity index (χ0n) is 22.8. The summed E-state index contributed by atoms with van der Waals surface area (Å²) in [6.45, 7) is 1.10. The fraction of sp³-hybridized carbons (Fsp3) is 0.344. The van der Waals surface area contributed by atoms with Crippen LogP contribution in [-0.4, -0.2) is 50.9 Å². The van der Waals surface area contributed by atoms with Crippen LogP contribution in [0.2, 0.25) is 0 Å². The van der Waals surface area contributed by atoms with Crippen molar-refractivity contribution in [3.8, 4) is 11.1 Å². The monoisotopic (exact) mass is 544 g/mol. The van der Waals surface area contributed by atoms with Crippen molar-refractivity contribution in [3.05, 3.63) is 95.6 Å². The number of amides is 2. The molecule has 1 aliphatic rings. The first kappa shape index (κ1) is 28.8. The Morgan fingerprint density at radius 3 is 2.15 bits per heavy atom. The van der Waals surface area contributed by atoms with Gasteiger partial charge in [0.25, 0.3) is 0 Å². The van der Waals surface area contributed by atoms with Crippen LogP contribution in [0.25, 0.3) is 11.1 Å². The van der Waals surface area contributed by atoms with Gasteiger partial charge >= 0.3 is 12.1 Å². The summed E-state index contributed by atoms with van der Waals surface area (Å²) >= 11 is 0. The molecule has 0 saturated heterocycles. The molecule has 0 unspecified atom stereocenters. The maximum absolute atomic E-state index is 13.0. The number of methoxy groups -OCH3 is 1. The van der Waals surface area contributed by atoms with Crippen LogP contribution >= 0.6 is 0 Å². The van der Waals surface area contributed by atoms with Crippen LogP contribution in [0.3, 0.4) is 0 Å². The Hall–Kier alpha value is -4.17. The van der Waals surface area contributed by atoms with Crippen LogP contribution in [-0.2, 0) is 30.4 Å². The molecule has 0 fully saturated rings. The fourth-order valence-electron chi connectivity index (χ4n) is 4.84. The molecule has 0 spiro atoms. The standard InChI is InChI=1S/C32H36N2O6/c1-38-20-18-30(35)33-19-10-9-17-29(31(36)39-21-23-11-3-2-4-12-23)34-32(37)40-22-28-26-15-7-5-13-24(26)25-14-6-8-16-27(25)28/h2-8,11-16,28-29H,9-10,17-22H2,1H3,(H,33,35)(H,34,37)/t29-/m0/s1. The van der Waals surface area contributed by atoms with E-state index in [1.165, 1.54) is 0 Å². The molecule has 0 aromatic heterocycles. The number of unbranched alkanes of at least 4 members (excludes halogenated alkanes) is 1. The second kappa shape index (κ2) is 14.8. The van der Waals surface area contributed by atoms with E-state index in [2.05, 4.69) is 34.9 Å². The van der Waals surface area contributed by atoms with Crippen LogP contribution in [0.1, 0.15) is 48.3 Å². The number of esters is 1. The summed E-state index contributed by atoms with van der Waals surface area (Å²) in [5.41, 5.74) is 5.37. The average molecular weight is 545 g/mol. The molecule has 2 N–H and O–H groups in total. The quantitative estimate of drug-likeness (QED) is 0.220. The van der Waals surface area contributed by atoms with Crippen LogP contribution in [0, 0.1) is 0 Å². The van der Waals surface area contributed by atoms with Crippen LogP contribution < -0.4 is 10.6 Å². The van der Waals surface area contributed by atoms with Gasteiger partial charge in [-0.2, -0.15) is 0 Å². The highest BCUT2D eigenvalue weighted by atomic mass is 16.6. The van der Waals surface area contributed by atoms with E-state index in [0.29, 0.717) is 38.8 Å². The van der Waals surface area contributed by atoms with E-state index in [4.69, 9.17) is 14.2 Å². The van der Waals surface area contributed by atoms with E-state index >= 15 is 0 Å². The minimum atomic E-state index is -0.872. The number of rotatable bonds is 14. The van der Waals surface area contributed by atoms with Gasteiger partial charge in [-0.3, -0.25) is 4.79 Å². The Morgan fingerprint density at radius 1 is 0.825 bits per heavy atom. The zero-order chi connectivity index (χ0) is 28.2. The zero-order valence-corrected chi connectivity index (χ0v) is 22.8. The molecule has 2 amide bonds. The second-order valence-corrected chi connectivity index (χ2v) is 9.70. The van der Waals surface area contributed by atoms with Gasteiger partial charge in [0.15, 0.2) is 0 Å². The number of nitrogens with one attached hydrogen (secondary N) is 2. The van der Waals surface area contributed by atoms with E-state index < -0.39 is 18.1 Å². The van der Waals surface area contributed by atoms with Gasteiger partial charge in [-0.15, -0.1) is 0 Å². The summed E-state index contributed by atoms with van der Waals surface area (Å²) in [7, 11) is 1.55. The molecule has 8 heteroatoms. The van der Waals surface area contributed by atoms with Gasteiger partial charge in [0, 0.05) is 26.0 Å². The molecule has 3 aromatic carbocycles. The number of carbonyl (C=O) groups is 3. The molecule has 4 rings (SSSR count). The van der Waals surface area contributed by atoms with Crippen molar-refractivity contribution < 1.29 is 28.6 Å². The topological polar surface area (TPSA) is 103 Å². The van der Waals surface area contributed by atoms with Crippen molar-refractivity contribution >= 4 is 18.0 Å². The number of ether oxygens (including phenoxy) is 3. The van der Waals surface area contributed by atoms with Crippen LogP contribution in [0.4, 0.5) is 4.79 Å². The Kier molecular flexibility index (Phi) is 10.7. The third kappa shape index (κ3) is 7.93. The number of carbonyl (C=O) groups excluding carboxylic acids is 3. The van der Waals surface area contributed by atoms with Gasteiger partial charge in [0.1, 0.15) is 19.3 Å². The molecule has 40 heavy (non-hydrogen) atoms. The summed E-state index contributed by atoms with van der Waals surface area (Å²) in [5.74, 6) is -0.692. The van der Waals surface area contributed by atoms with Gasteiger partial charge in [0.05, 0.1) is 6.61 Å². The molecule has 3 aromatic rings. The van der Waals surface area contributed by atoms with Gasteiger partial charge < -0.3 is 24.8 Å². The molecule has 210 valence electrons. The normalized spacial score (nSPS) is 12.6.